The largest absolute Gasteiger partial charge is 0.459 e. The Kier molecular flexibility index (Phi) is 8.22. The van der Waals surface area contributed by atoms with Gasteiger partial charge in [-0.25, -0.2) is 8.42 Å². The van der Waals surface area contributed by atoms with Gasteiger partial charge >= 0.3 is 5.97 Å². The number of rotatable bonds is 7. The minimum absolute atomic E-state index is 0.278. The first-order chi connectivity index (χ1) is 16.7. The van der Waals surface area contributed by atoms with E-state index in [4.69, 9.17) is 4.74 Å². The molecule has 9 nitrogen and oxygen atoms in total. The van der Waals surface area contributed by atoms with E-state index in [-0.39, 0.29) is 24.0 Å². The Bertz CT molecular complexity index is 1190. The van der Waals surface area contributed by atoms with Crippen molar-refractivity contribution in [2.24, 2.45) is 0 Å². The van der Waals surface area contributed by atoms with Crippen molar-refractivity contribution in [2.75, 3.05) is 13.1 Å². The van der Waals surface area contributed by atoms with E-state index < -0.39 is 44.4 Å². The lowest BCUT2D eigenvalue weighted by atomic mass is 10.0. The number of hydrogen-bond acceptors (Lipinski definition) is 7. The standard InChI is InChI=1S/C26H35N3O6S/c1-18-11-13-21(14-12-18)15-23(25(30)35-26(4,5)6)27-16-19(2)28(20(3)17-27)36(33,34)24-10-8-7-9-22(24)29(31)32/h7-14,19-20,23H,15-17H2,1-6H3/t19-,20-,23-/m0/s1. The molecule has 0 aromatic heterocycles. The summed E-state index contributed by atoms with van der Waals surface area (Å²) in [5, 5.41) is 11.5. The first-order valence-electron chi connectivity index (χ1n) is 12.0. The summed E-state index contributed by atoms with van der Waals surface area (Å²) in [4.78, 5) is 25.8. The van der Waals surface area contributed by atoms with Gasteiger partial charge in [-0.2, -0.15) is 4.31 Å². The fraction of sp³-hybridized carbons (Fsp3) is 0.500. The van der Waals surface area contributed by atoms with Crippen molar-refractivity contribution in [1.82, 2.24) is 9.21 Å². The van der Waals surface area contributed by atoms with Crippen LogP contribution >= 0.6 is 0 Å². The highest BCUT2D eigenvalue weighted by Gasteiger charge is 2.44. The molecule has 1 fully saturated rings. The molecule has 0 amide bonds. The summed E-state index contributed by atoms with van der Waals surface area (Å²) >= 11 is 0. The van der Waals surface area contributed by atoms with Gasteiger partial charge in [0.05, 0.1) is 4.92 Å². The number of piperazine rings is 1. The van der Waals surface area contributed by atoms with E-state index in [0.29, 0.717) is 6.42 Å². The van der Waals surface area contributed by atoms with Crippen LogP contribution in [0.2, 0.25) is 0 Å². The maximum atomic E-state index is 13.6. The van der Waals surface area contributed by atoms with E-state index in [1.54, 1.807) is 13.8 Å². The number of aryl methyl sites for hydroxylation is 1. The van der Waals surface area contributed by atoms with Gasteiger partial charge in [0.25, 0.3) is 5.69 Å². The number of carbonyl (C=O) groups excluding carboxylic acids is 1. The van der Waals surface area contributed by atoms with Gasteiger partial charge in [-0.1, -0.05) is 42.0 Å². The molecule has 0 unspecified atom stereocenters. The van der Waals surface area contributed by atoms with Crippen molar-refractivity contribution in [3.63, 3.8) is 0 Å². The average Bonchev–Trinajstić information content (AvgIpc) is 2.76. The Balaban J connectivity index is 1.91. The van der Waals surface area contributed by atoms with Crippen molar-refractivity contribution >= 4 is 21.7 Å². The zero-order valence-electron chi connectivity index (χ0n) is 21.7. The molecule has 1 aliphatic rings. The second kappa shape index (κ2) is 10.7. The number of hydrogen-bond donors (Lipinski definition) is 0. The highest BCUT2D eigenvalue weighted by molar-refractivity contribution is 7.89. The molecule has 0 spiro atoms. The Morgan fingerprint density at radius 1 is 1.08 bits per heavy atom. The molecular weight excluding hydrogens is 482 g/mol. The zero-order chi connectivity index (χ0) is 26.8. The maximum absolute atomic E-state index is 13.6. The minimum atomic E-state index is -4.15. The Hall–Kier alpha value is -2.82. The number of esters is 1. The van der Waals surface area contributed by atoms with Crippen molar-refractivity contribution in [1.29, 1.82) is 0 Å². The number of ether oxygens (including phenoxy) is 1. The molecule has 3 rings (SSSR count). The second-order valence-corrected chi connectivity index (χ2v) is 12.3. The quantitative estimate of drug-likeness (QED) is 0.311. The van der Waals surface area contributed by atoms with Crippen LogP contribution in [-0.2, 0) is 26.0 Å². The molecule has 2 aromatic carbocycles. The summed E-state index contributed by atoms with van der Waals surface area (Å²) in [6, 6.07) is 11.7. The molecule has 1 saturated heterocycles. The molecule has 2 aromatic rings. The van der Waals surface area contributed by atoms with Gasteiger partial charge in [0.15, 0.2) is 4.90 Å². The number of para-hydroxylation sites is 1. The number of nitro groups is 1. The van der Waals surface area contributed by atoms with Crippen LogP contribution in [0.25, 0.3) is 0 Å². The molecule has 3 atom stereocenters. The molecular formula is C26H35N3O6S. The summed E-state index contributed by atoms with van der Waals surface area (Å²) in [5.74, 6) is -0.363. The fourth-order valence-corrected chi connectivity index (χ4v) is 6.66. The fourth-order valence-electron chi connectivity index (χ4n) is 4.70. The van der Waals surface area contributed by atoms with E-state index in [2.05, 4.69) is 0 Å². The molecule has 1 heterocycles. The van der Waals surface area contributed by atoms with E-state index in [9.17, 15) is 23.3 Å². The van der Waals surface area contributed by atoms with E-state index in [1.165, 1.54) is 28.6 Å². The van der Waals surface area contributed by atoms with Gasteiger partial charge < -0.3 is 4.74 Å². The summed E-state index contributed by atoms with van der Waals surface area (Å²) in [7, 11) is -4.15. The monoisotopic (exact) mass is 517 g/mol. The molecule has 0 saturated carbocycles. The number of nitro benzene ring substituents is 1. The average molecular weight is 518 g/mol. The van der Waals surface area contributed by atoms with Crippen LogP contribution in [0.3, 0.4) is 0 Å². The van der Waals surface area contributed by atoms with Crippen LogP contribution in [0, 0.1) is 17.0 Å². The van der Waals surface area contributed by atoms with Gasteiger partial charge in [0.1, 0.15) is 11.6 Å². The van der Waals surface area contributed by atoms with Crippen molar-refractivity contribution in [2.45, 2.75) is 76.6 Å². The summed E-state index contributed by atoms with van der Waals surface area (Å²) in [5.41, 5.74) is 0.970. The first-order valence-corrected chi connectivity index (χ1v) is 13.4. The third-order valence-corrected chi connectivity index (χ3v) is 8.33. The predicted octanol–water partition coefficient (Wildman–Crippen LogP) is 3.94. The van der Waals surface area contributed by atoms with Gasteiger partial charge in [-0.3, -0.25) is 19.8 Å². The Labute approximate surface area is 213 Å². The van der Waals surface area contributed by atoms with Gasteiger partial charge in [0.2, 0.25) is 10.0 Å². The minimum Gasteiger partial charge on any atom is -0.459 e. The van der Waals surface area contributed by atoms with Gasteiger partial charge in [-0.05, 0) is 59.6 Å². The SMILES string of the molecule is Cc1ccc(C[C@@H](C(=O)OC(C)(C)C)N2C[C@H](C)N(S(=O)(=O)c3ccccc3[N+](=O)[O-])[C@@H](C)C2)cc1. The highest BCUT2D eigenvalue weighted by atomic mass is 32.2. The van der Waals surface area contributed by atoms with Crippen LogP contribution in [-0.4, -0.2) is 65.3 Å². The van der Waals surface area contributed by atoms with Crippen LogP contribution in [0.1, 0.15) is 45.7 Å². The third kappa shape index (κ3) is 6.29. The molecule has 36 heavy (non-hydrogen) atoms. The lowest BCUT2D eigenvalue weighted by molar-refractivity contribution is -0.387. The third-order valence-electron chi connectivity index (χ3n) is 6.15. The van der Waals surface area contributed by atoms with E-state index in [1.807, 2.05) is 56.9 Å². The molecule has 10 heteroatoms. The lowest BCUT2D eigenvalue weighted by Gasteiger charge is -2.45. The Morgan fingerprint density at radius 2 is 1.64 bits per heavy atom. The summed E-state index contributed by atoms with van der Waals surface area (Å²) in [6.45, 7) is 11.5. The number of sulfonamides is 1. The summed E-state index contributed by atoms with van der Waals surface area (Å²) < 4.78 is 34.2. The van der Waals surface area contributed by atoms with Crippen LogP contribution in [0.15, 0.2) is 53.4 Å². The summed E-state index contributed by atoms with van der Waals surface area (Å²) in [6.07, 6.45) is 0.422. The van der Waals surface area contributed by atoms with Crippen LogP contribution in [0.4, 0.5) is 5.69 Å². The second-order valence-electron chi connectivity index (χ2n) is 10.5. The van der Waals surface area contributed by atoms with Gasteiger partial charge in [0, 0.05) is 31.2 Å². The molecule has 0 aliphatic carbocycles. The number of benzene rings is 2. The van der Waals surface area contributed by atoms with E-state index >= 15 is 0 Å². The topological polar surface area (TPSA) is 110 Å². The predicted molar refractivity (Wildman–Crippen MR) is 137 cm³/mol. The highest BCUT2D eigenvalue weighted by Crippen LogP contribution is 2.32. The van der Waals surface area contributed by atoms with Crippen molar-refractivity contribution in [3.8, 4) is 0 Å². The molecule has 0 N–H and O–H groups in total. The maximum Gasteiger partial charge on any atom is 0.324 e. The van der Waals surface area contributed by atoms with Gasteiger partial charge in [-0.15, -0.1) is 0 Å². The first kappa shape index (κ1) is 27.8. The molecule has 196 valence electrons. The normalized spacial score (nSPS) is 20.6. The smallest absolute Gasteiger partial charge is 0.324 e. The molecule has 0 bridgehead atoms. The molecule has 0 radical (unpaired) electrons. The number of carbonyl (C=O) groups is 1. The number of nitrogens with zero attached hydrogens (tertiary/aromatic N) is 3. The van der Waals surface area contributed by atoms with Crippen LogP contribution in [0.5, 0.6) is 0 Å². The zero-order valence-corrected chi connectivity index (χ0v) is 22.5. The Morgan fingerprint density at radius 3 is 2.17 bits per heavy atom. The van der Waals surface area contributed by atoms with Crippen LogP contribution < -0.4 is 0 Å². The molecule has 1 aliphatic heterocycles. The van der Waals surface area contributed by atoms with E-state index in [0.717, 1.165) is 11.1 Å². The lowest BCUT2D eigenvalue weighted by Crippen LogP contribution is -2.62. The van der Waals surface area contributed by atoms with Crippen molar-refractivity contribution < 1.29 is 22.9 Å². The van der Waals surface area contributed by atoms with Crippen molar-refractivity contribution in [3.05, 3.63) is 69.8 Å².